The van der Waals surface area contributed by atoms with Crippen LogP contribution in [0.3, 0.4) is 0 Å². The molecule has 1 aromatic carbocycles. The number of halogens is 2. The van der Waals surface area contributed by atoms with Crippen molar-refractivity contribution in [3.63, 3.8) is 0 Å². The van der Waals surface area contributed by atoms with Gasteiger partial charge in [-0.05, 0) is 23.8 Å². The molecule has 4 N–H and O–H groups in total. The minimum Gasteiger partial charge on any atom is -0.396 e. The van der Waals surface area contributed by atoms with Gasteiger partial charge in [0.2, 0.25) is 0 Å². The van der Waals surface area contributed by atoms with Gasteiger partial charge in [-0.15, -0.1) is 12.4 Å². The van der Waals surface area contributed by atoms with Gasteiger partial charge in [0.05, 0.1) is 0 Å². The highest BCUT2D eigenvalue weighted by Gasteiger charge is 2.28. The van der Waals surface area contributed by atoms with E-state index < -0.39 is 0 Å². The zero-order chi connectivity index (χ0) is 12.6. The van der Waals surface area contributed by atoms with Crippen molar-refractivity contribution in [1.29, 1.82) is 0 Å². The molecule has 0 aliphatic carbocycles. The van der Waals surface area contributed by atoms with Crippen LogP contribution in [0.2, 0.25) is 0 Å². The molecule has 0 radical (unpaired) electrons. The average molecular weight is 334 g/mol. The number of fused-ring (bicyclic) bond motifs is 1. The molecule has 0 fully saturated rings. The number of nitrogens with two attached hydrogens (primary N) is 1. The van der Waals surface area contributed by atoms with Gasteiger partial charge in [0.15, 0.2) is 0 Å². The predicted octanol–water partition coefficient (Wildman–Crippen LogP) is 3.37. The summed E-state index contributed by atoms with van der Waals surface area (Å²) in [6, 6.07) is 5.86. The Bertz CT molecular complexity index is 539. The number of benzene rings is 1. The second kappa shape index (κ2) is 5.61. The quantitative estimate of drug-likeness (QED) is 0.806. The summed E-state index contributed by atoms with van der Waals surface area (Å²) in [5.41, 5.74) is 8.02. The van der Waals surface area contributed by atoms with E-state index in [0.29, 0.717) is 0 Å². The molecule has 0 saturated heterocycles. The Labute approximate surface area is 121 Å². The molecular formula is C13H18BrClN2O. The van der Waals surface area contributed by atoms with Crippen molar-refractivity contribution in [2.24, 2.45) is 11.1 Å². The fourth-order valence-electron chi connectivity index (χ4n) is 1.89. The Kier molecular flexibility index (Phi) is 4.84. The van der Waals surface area contributed by atoms with Gasteiger partial charge in [-0.1, -0.05) is 29.8 Å². The summed E-state index contributed by atoms with van der Waals surface area (Å²) < 4.78 is 1.03. The van der Waals surface area contributed by atoms with Crippen molar-refractivity contribution in [1.82, 2.24) is 4.98 Å². The summed E-state index contributed by atoms with van der Waals surface area (Å²) in [6.07, 6.45) is 1.93. The lowest BCUT2D eigenvalue weighted by molar-refractivity contribution is 0.133. The Morgan fingerprint density at radius 2 is 2.11 bits per heavy atom. The third-order valence-electron chi connectivity index (χ3n) is 3.26. The Balaban J connectivity index is 0.00000162. The first kappa shape index (κ1) is 15.5. The zero-order valence-electron chi connectivity index (χ0n) is 10.4. The summed E-state index contributed by atoms with van der Waals surface area (Å²) in [7, 11) is 0. The molecule has 1 atom stereocenters. The number of aromatic nitrogens is 1. The summed E-state index contributed by atoms with van der Waals surface area (Å²) in [6.45, 7) is 4.00. The van der Waals surface area contributed by atoms with Crippen LogP contribution in [0, 0.1) is 5.41 Å². The zero-order valence-corrected chi connectivity index (χ0v) is 12.8. The minimum absolute atomic E-state index is 0. The highest BCUT2D eigenvalue weighted by Crippen LogP contribution is 2.35. The largest absolute Gasteiger partial charge is 0.396 e. The molecule has 0 amide bonds. The molecule has 0 aliphatic rings. The van der Waals surface area contributed by atoms with Crippen molar-refractivity contribution in [3.05, 3.63) is 34.4 Å². The topological polar surface area (TPSA) is 62.0 Å². The van der Waals surface area contributed by atoms with Crippen LogP contribution in [0.5, 0.6) is 0 Å². The van der Waals surface area contributed by atoms with E-state index in [2.05, 4.69) is 27.0 Å². The smallest absolute Gasteiger partial charge is 0.0500 e. The first-order valence-electron chi connectivity index (χ1n) is 5.58. The van der Waals surface area contributed by atoms with Gasteiger partial charge in [0.25, 0.3) is 0 Å². The van der Waals surface area contributed by atoms with Crippen molar-refractivity contribution in [2.75, 3.05) is 6.61 Å². The maximum absolute atomic E-state index is 9.39. The van der Waals surface area contributed by atoms with Crippen LogP contribution in [0.4, 0.5) is 0 Å². The van der Waals surface area contributed by atoms with E-state index in [1.54, 1.807) is 0 Å². The highest BCUT2D eigenvalue weighted by molar-refractivity contribution is 9.10. The average Bonchev–Trinajstić information content (AvgIpc) is 2.70. The van der Waals surface area contributed by atoms with Crippen molar-refractivity contribution < 1.29 is 5.11 Å². The monoisotopic (exact) mass is 332 g/mol. The van der Waals surface area contributed by atoms with Crippen LogP contribution in [0.25, 0.3) is 10.9 Å². The van der Waals surface area contributed by atoms with Crippen molar-refractivity contribution in [2.45, 2.75) is 19.9 Å². The lowest BCUT2D eigenvalue weighted by Crippen LogP contribution is -2.32. The number of aliphatic hydroxyl groups is 1. The standard InChI is InChI=1S/C13H17BrN2O.ClH/c1-13(2,7-17)12(15)10-6-16-11-4-3-8(14)5-9(10)11;/h3-6,12,16-17H,7,15H2,1-2H3;1H/t12-;/m0./s1. The van der Waals surface area contributed by atoms with Crippen LogP contribution in [0.15, 0.2) is 28.9 Å². The number of rotatable bonds is 3. The third kappa shape index (κ3) is 2.72. The molecular weight excluding hydrogens is 316 g/mol. The van der Waals surface area contributed by atoms with Gasteiger partial charge in [0, 0.05) is 39.6 Å². The number of H-pyrrole nitrogens is 1. The normalized spacial score (nSPS) is 13.4. The molecule has 1 aromatic heterocycles. The lowest BCUT2D eigenvalue weighted by Gasteiger charge is -2.29. The Morgan fingerprint density at radius 1 is 1.44 bits per heavy atom. The number of aliphatic hydroxyl groups excluding tert-OH is 1. The molecule has 18 heavy (non-hydrogen) atoms. The second-order valence-electron chi connectivity index (χ2n) is 5.06. The molecule has 0 aliphatic heterocycles. The van der Waals surface area contributed by atoms with Gasteiger partial charge < -0.3 is 15.8 Å². The molecule has 100 valence electrons. The summed E-state index contributed by atoms with van der Waals surface area (Å²) in [5, 5.41) is 10.5. The molecule has 1 heterocycles. The molecule has 0 saturated carbocycles. The summed E-state index contributed by atoms with van der Waals surface area (Å²) in [5.74, 6) is 0. The fraction of sp³-hybridized carbons (Fsp3) is 0.385. The molecule has 2 rings (SSSR count). The molecule has 0 bridgehead atoms. The summed E-state index contributed by atoms with van der Waals surface area (Å²) >= 11 is 3.46. The molecule has 5 heteroatoms. The number of hydrogen-bond acceptors (Lipinski definition) is 2. The van der Waals surface area contributed by atoms with E-state index in [1.165, 1.54) is 0 Å². The van der Waals surface area contributed by atoms with Gasteiger partial charge >= 0.3 is 0 Å². The lowest BCUT2D eigenvalue weighted by atomic mass is 9.82. The number of nitrogens with one attached hydrogen (secondary N) is 1. The van der Waals surface area contributed by atoms with Gasteiger partial charge in [-0.2, -0.15) is 0 Å². The van der Waals surface area contributed by atoms with Crippen LogP contribution < -0.4 is 5.73 Å². The van der Waals surface area contributed by atoms with Crippen LogP contribution >= 0.6 is 28.3 Å². The maximum Gasteiger partial charge on any atom is 0.0500 e. The van der Waals surface area contributed by atoms with Crippen LogP contribution in [-0.2, 0) is 0 Å². The summed E-state index contributed by atoms with van der Waals surface area (Å²) in [4.78, 5) is 3.21. The predicted molar refractivity (Wildman–Crippen MR) is 81.0 cm³/mol. The first-order chi connectivity index (χ1) is 7.95. The van der Waals surface area contributed by atoms with Gasteiger partial charge in [0.1, 0.15) is 0 Å². The van der Waals surface area contributed by atoms with E-state index >= 15 is 0 Å². The van der Waals surface area contributed by atoms with E-state index in [0.717, 1.165) is 20.9 Å². The van der Waals surface area contributed by atoms with Crippen LogP contribution in [0.1, 0.15) is 25.5 Å². The number of hydrogen-bond donors (Lipinski definition) is 3. The molecule has 2 aromatic rings. The highest BCUT2D eigenvalue weighted by atomic mass is 79.9. The third-order valence-corrected chi connectivity index (χ3v) is 3.75. The second-order valence-corrected chi connectivity index (χ2v) is 5.97. The maximum atomic E-state index is 9.39. The molecule has 0 spiro atoms. The molecule has 0 unspecified atom stereocenters. The van der Waals surface area contributed by atoms with E-state index in [4.69, 9.17) is 5.73 Å². The first-order valence-corrected chi connectivity index (χ1v) is 6.38. The van der Waals surface area contributed by atoms with Crippen LogP contribution in [-0.4, -0.2) is 16.7 Å². The Morgan fingerprint density at radius 3 is 2.72 bits per heavy atom. The van der Waals surface area contributed by atoms with E-state index in [-0.39, 0.29) is 30.5 Å². The Hall–Kier alpha value is -0.550. The minimum atomic E-state index is -0.336. The number of aromatic amines is 1. The molecule has 3 nitrogen and oxygen atoms in total. The SMILES string of the molecule is CC(C)(CO)[C@@H](N)c1c[nH]c2ccc(Br)cc12.Cl. The van der Waals surface area contributed by atoms with Crippen molar-refractivity contribution in [3.8, 4) is 0 Å². The van der Waals surface area contributed by atoms with Gasteiger partial charge in [-0.25, -0.2) is 0 Å². The van der Waals surface area contributed by atoms with Crippen molar-refractivity contribution >= 4 is 39.2 Å². The van der Waals surface area contributed by atoms with E-state index in [9.17, 15) is 5.11 Å². The fourth-order valence-corrected chi connectivity index (χ4v) is 2.25. The van der Waals surface area contributed by atoms with Gasteiger partial charge in [-0.3, -0.25) is 0 Å². The van der Waals surface area contributed by atoms with E-state index in [1.807, 2.05) is 32.2 Å².